The Labute approximate surface area is 388 Å². The number of fused-ring (bicyclic) bond motifs is 4. The van der Waals surface area contributed by atoms with Crippen molar-refractivity contribution < 1.29 is 4.74 Å². The zero-order chi connectivity index (χ0) is 44.9. The van der Waals surface area contributed by atoms with E-state index in [-0.39, 0.29) is 0 Å². The third kappa shape index (κ3) is 7.40. The number of ether oxygens (including phenoxy) is 1. The lowest BCUT2D eigenvalue weighted by molar-refractivity contribution is 0.106. The predicted molar refractivity (Wildman–Crippen MR) is 267 cm³/mol. The van der Waals surface area contributed by atoms with Gasteiger partial charge in [0.15, 0.2) is 34.9 Å². The quantitative estimate of drug-likeness (QED) is 0.150. The fourth-order valence-electron chi connectivity index (χ4n) is 9.05. The van der Waals surface area contributed by atoms with Crippen LogP contribution in [0.2, 0.25) is 0 Å². The van der Waals surface area contributed by atoms with Crippen LogP contribution in [-0.2, 0) is 5.60 Å². The molecule has 0 N–H and O–H groups in total. The number of nitrogens with zero attached hydrogens (tertiary/aromatic N) is 7. The van der Waals surface area contributed by atoms with Crippen LogP contribution >= 0.6 is 0 Å². The van der Waals surface area contributed by atoms with Gasteiger partial charge in [-0.1, -0.05) is 170 Å². The predicted octanol–water partition coefficient (Wildman–Crippen LogP) is 14.0. The number of hydrogen-bond donors (Lipinski definition) is 0. The maximum atomic E-state index is 6.80. The van der Waals surface area contributed by atoms with Crippen molar-refractivity contribution in [1.29, 1.82) is 0 Å². The minimum absolute atomic E-state index is 0.513. The van der Waals surface area contributed by atoms with Gasteiger partial charge >= 0.3 is 0 Å². The van der Waals surface area contributed by atoms with Crippen molar-refractivity contribution in [2.24, 2.45) is 0 Å². The molecule has 0 bridgehead atoms. The van der Waals surface area contributed by atoms with Crippen LogP contribution in [0.15, 0.2) is 212 Å². The second kappa shape index (κ2) is 16.3. The summed E-state index contributed by atoms with van der Waals surface area (Å²) in [6.45, 7) is 4.24. The maximum absolute atomic E-state index is 6.80. The Hall–Kier alpha value is -8.88. The fourth-order valence-corrected chi connectivity index (χ4v) is 9.05. The average Bonchev–Trinajstić information content (AvgIpc) is 3.83. The van der Waals surface area contributed by atoms with Crippen molar-refractivity contribution in [2.75, 3.05) is 0 Å². The summed E-state index contributed by atoms with van der Waals surface area (Å²) in [5.74, 6) is 4.10. The molecule has 0 spiro atoms. The summed E-state index contributed by atoms with van der Waals surface area (Å²) >= 11 is 0. The Morgan fingerprint density at radius 2 is 0.836 bits per heavy atom. The monoisotopic (exact) mass is 863 g/mol. The number of benzene rings is 8. The van der Waals surface area contributed by atoms with Crippen LogP contribution in [0, 0.1) is 0 Å². The molecular formula is C59H41N7O. The molecule has 0 radical (unpaired) electrons. The molecule has 318 valence electrons. The van der Waals surface area contributed by atoms with Crippen LogP contribution in [0.1, 0.15) is 19.4 Å². The van der Waals surface area contributed by atoms with E-state index in [1.165, 1.54) is 5.56 Å². The maximum Gasteiger partial charge on any atom is 0.164 e. The van der Waals surface area contributed by atoms with Crippen LogP contribution in [0.4, 0.5) is 0 Å². The van der Waals surface area contributed by atoms with Gasteiger partial charge in [0.25, 0.3) is 0 Å². The first-order chi connectivity index (χ1) is 32.9. The summed E-state index contributed by atoms with van der Waals surface area (Å²) < 4.78 is 8.99. The molecule has 0 aliphatic carbocycles. The molecule has 8 aromatic carbocycles. The molecular weight excluding hydrogens is 823 g/mol. The minimum Gasteiger partial charge on any atom is -0.482 e. The standard InChI is InChI=1S/C59H41N7O/c1-59(2)50-26-16-15-25-47(50)48-32-29-42(37-52(48)67-59)46-31-30-43(35-49(46)58-64-54(40-19-9-4-10-20-40)60-55(65-58)41-21-11-5-12-22-41)56-61-53(39-17-7-3-8-18-39)62-57(63-56)44-28-27-38-33-34-66(51(38)36-44)45-23-13-6-14-24-45/h3-37H,1-2H3. The summed E-state index contributed by atoms with van der Waals surface area (Å²) in [5, 5.41) is 1.12. The topological polar surface area (TPSA) is 91.5 Å². The largest absolute Gasteiger partial charge is 0.482 e. The van der Waals surface area contributed by atoms with Crippen molar-refractivity contribution in [3.05, 3.63) is 218 Å². The first kappa shape index (κ1) is 39.7. The smallest absolute Gasteiger partial charge is 0.164 e. The van der Waals surface area contributed by atoms with Gasteiger partial charge in [0.05, 0.1) is 5.52 Å². The van der Waals surface area contributed by atoms with E-state index in [1.807, 2.05) is 97.1 Å². The van der Waals surface area contributed by atoms with E-state index in [9.17, 15) is 0 Å². The lowest BCUT2D eigenvalue weighted by atomic mass is 9.85. The Balaban J connectivity index is 1.07. The Kier molecular flexibility index (Phi) is 9.64. The first-order valence-corrected chi connectivity index (χ1v) is 22.4. The van der Waals surface area contributed by atoms with Crippen LogP contribution < -0.4 is 4.74 Å². The third-order valence-electron chi connectivity index (χ3n) is 12.4. The van der Waals surface area contributed by atoms with Gasteiger partial charge in [0.2, 0.25) is 0 Å². The second-order valence-electron chi connectivity index (χ2n) is 17.1. The van der Waals surface area contributed by atoms with E-state index in [0.717, 1.165) is 78.0 Å². The van der Waals surface area contributed by atoms with Gasteiger partial charge < -0.3 is 9.30 Å². The normalized spacial score (nSPS) is 12.6. The molecule has 8 nitrogen and oxygen atoms in total. The van der Waals surface area contributed by atoms with E-state index >= 15 is 0 Å². The van der Waals surface area contributed by atoms with E-state index < -0.39 is 5.60 Å². The van der Waals surface area contributed by atoms with Gasteiger partial charge in [-0.2, -0.15) is 0 Å². The molecule has 0 amide bonds. The Morgan fingerprint density at radius 3 is 1.45 bits per heavy atom. The average molecular weight is 864 g/mol. The summed E-state index contributed by atoms with van der Waals surface area (Å²) in [4.78, 5) is 31.1. The van der Waals surface area contributed by atoms with Crippen LogP contribution in [-0.4, -0.2) is 34.5 Å². The van der Waals surface area contributed by atoms with Gasteiger partial charge in [-0.15, -0.1) is 0 Å². The summed E-state index contributed by atoms with van der Waals surface area (Å²) in [5.41, 5.74) is 11.9. The minimum atomic E-state index is -0.527. The van der Waals surface area contributed by atoms with Crippen LogP contribution in [0.3, 0.4) is 0 Å². The lowest BCUT2D eigenvalue weighted by Crippen LogP contribution is -2.29. The molecule has 8 heteroatoms. The van der Waals surface area contributed by atoms with Gasteiger partial charge in [0, 0.05) is 56.4 Å². The Morgan fingerprint density at radius 1 is 0.358 bits per heavy atom. The number of para-hydroxylation sites is 1. The molecule has 1 aliphatic rings. The number of rotatable bonds is 8. The number of aromatic nitrogens is 7. The van der Waals surface area contributed by atoms with Crippen molar-refractivity contribution in [3.63, 3.8) is 0 Å². The summed E-state index contributed by atoms with van der Waals surface area (Å²) in [6.07, 6.45) is 2.10. The van der Waals surface area contributed by atoms with Gasteiger partial charge in [-0.3, -0.25) is 0 Å². The lowest BCUT2D eigenvalue weighted by Gasteiger charge is -2.35. The van der Waals surface area contributed by atoms with Gasteiger partial charge in [-0.05, 0) is 72.3 Å². The zero-order valence-corrected chi connectivity index (χ0v) is 36.7. The number of hydrogen-bond acceptors (Lipinski definition) is 7. The van der Waals surface area contributed by atoms with Crippen molar-refractivity contribution in [1.82, 2.24) is 34.5 Å². The van der Waals surface area contributed by atoms with Crippen molar-refractivity contribution >= 4 is 10.9 Å². The molecule has 12 rings (SSSR count). The van der Waals surface area contributed by atoms with E-state index in [4.69, 9.17) is 34.6 Å². The molecule has 0 saturated carbocycles. The van der Waals surface area contributed by atoms with Gasteiger partial charge in [-0.25, -0.2) is 29.9 Å². The molecule has 1 aliphatic heterocycles. The molecule has 0 unspecified atom stereocenters. The van der Waals surface area contributed by atoms with E-state index in [2.05, 4.69) is 134 Å². The van der Waals surface area contributed by atoms with Crippen molar-refractivity contribution in [3.8, 4) is 102 Å². The third-order valence-corrected chi connectivity index (χ3v) is 12.4. The zero-order valence-electron chi connectivity index (χ0n) is 36.7. The molecule has 0 atom stereocenters. The van der Waals surface area contributed by atoms with Crippen LogP contribution in [0.25, 0.3) is 107 Å². The molecule has 67 heavy (non-hydrogen) atoms. The first-order valence-electron chi connectivity index (χ1n) is 22.4. The highest BCUT2D eigenvalue weighted by molar-refractivity contribution is 5.89. The molecule has 11 aromatic rings. The molecule has 3 aromatic heterocycles. The second-order valence-corrected chi connectivity index (χ2v) is 17.1. The molecule has 4 heterocycles. The van der Waals surface area contributed by atoms with E-state index in [1.54, 1.807) is 0 Å². The Bertz CT molecular complexity index is 3570. The van der Waals surface area contributed by atoms with Crippen LogP contribution in [0.5, 0.6) is 5.75 Å². The van der Waals surface area contributed by atoms with E-state index in [0.29, 0.717) is 34.9 Å². The molecule has 0 fully saturated rings. The SMILES string of the molecule is CC1(C)Oc2cc(-c3ccc(-c4nc(-c5ccccc5)nc(-c5ccc6ccn(-c7ccccc7)c6c5)n4)cc3-c3nc(-c4ccccc4)nc(-c4ccccc4)n3)ccc2-c2ccccc21. The highest BCUT2D eigenvalue weighted by atomic mass is 16.5. The highest BCUT2D eigenvalue weighted by Gasteiger charge is 2.32. The fraction of sp³-hybridized carbons (Fsp3) is 0.0508. The van der Waals surface area contributed by atoms with Gasteiger partial charge in [0.1, 0.15) is 11.4 Å². The summed E-state index contributed by atoms with van der Waals surface area (Å²) in [7, 11) is 0. The highest BCUT2D eigenvalue weighted by Crippen LogP contribution is 2.47. The summed E-state index contributed by atoms with van der Waals surface area (Å²) in [6, 6.07) is 70.2. The van der Waals surface area contributed by atoms with Crippen molar-refractivity contribution in [2.45, 2.75) is 19.4 Å². The molecule has 0 saturated heterocycles.